The Morgan fingerprint density at radius 1 is 1.00 bits per heavy atom. The van der Waals surface area contributed by atoms with E-state index in [0.717, 1.165) is 30.9 Å². The zero-order chi connectivity index (χ0) is 28.4. The van der Waals surface area contributed by atoms with Gasteiger partial charge in [0.2, 0.25) is 0 Å². The molecule has 2 aromatic carbocycles. The second-order valence-corrected chi connectivity index (χ2v) is 17.6. The number of likely N-dealkylation sites (N-methyl/N-ethyl adjacent to an activating group) is 1. The number of anilines is 1. The highest BCUT2D eigenvalue weighted by atomic mass is 28.4. The van der Waals surface area contributed by atoms with Gasteiger partial charge in [-0.05, 0) is 62.4 Å². The minimum absolute atomic E-state index is 0.0416. The number of hydrogen-bond acceptors (Lipinski definition) is 7. The maximum atomic E-state index is 12.9. The van der Waals surface area contributed by atoms with Gasteiger partial charge in [-0.25, -0.2) is 0 Å². The molecule has 39 heavy (non-hydrogen) atoms. The first-order chi connectivity index (χ1) is 18.4. The van der Waals surface area contributed by atoms with E-state index in [-0.39, 0.29) is 29.1 Å². The smallest absolute Gasteiger partial charge is 0.326 e. The van der Waals surface area contributed by atoms with Gasteiger partial charge in [0, 0.05) is 25.3 Å². The van der Waals surface area contributed by atoms with E-state index in [1.807, 2.05) is 12.0 Å². The Balaban J connectivity index is 1.51. The molecule has 0 amide bonds. The van der Waals surface area contributed by atoms with E-state index in [9.17, 15) is 4.79 Å². The van der Waals surface area contributed by atoms with Crippen LogP contribution in [0.25, 0.3) is 0 Å². The van der Waals surface area contributed by atoms with Gasteiger partial charge in [-0.3, -0.25) is 9.63 Å². The van der Waals surface area contributed by atoms with Crippen LogP contribution >= 0.6 is 0 Å². The molecule has 0 radical (unpaired) electrons. The zero-order valence-electron chi connectivity index (χ0n) is 25.0. The van der Waals surface area contributed by atoms with Crippen LogP contribution in [-0.2, 0) is 31.9 Å². The number of carbonyl (C=O) groups excluding carboxylic acids is 1. The van der Waals surface area contributed by atoms with Crippen molar-refractivity contribution in [3.63, 3.8) is 0 Å². The van der Waals surface area contributed by atoms with Crippen molar-refractivity contribution in [1.82, 2.24) is 9.96 Å². The van der Waals surface area contributed by atoms with E-state index in [2.05, 4.69) is 112 Å². The van der Waals surface area contributed by atoms with Gasteiger partial charge in [-0.2, -0.15) is 5.06 Å². The van der Waals surface area contributed by atoms with E-state index < -0.39 is 14.4 Å². The highest BCUT2D eigenvalue weighted by molar-refractivity contribution is 6.74. The molecule has 214 valence electrons. The quantitative estimate of drug-likeness (QED) is 0.276. The molecule has 0 aromatic heterocycles. The number of fused-ring (bicyclic) bond motifs is 1. The molecule has 2 aliphatic heterocycles. The largest absolute Gasteiger partial charge is 0.461 e. The third-order valence-corrected chi connectivity index (χ3v) is 13.0. The molecule has 2 heterocycles. The van der Waals surface area contributed by atoms with Crippen LogP contribution in [0.3, 0.4) is 0 Å². The van der Waals surface area contributed by atoms with Gasteiger partial charge in [-0.1, -0.05) is 63.2 Å². The molecule has 2 aromatic rings. The topological polar surface area (TPSA) is 54.5 Å². The molecular weight excluding hydrogens is 506 g/mol. The predicted molar refractivity (Wildman–Crippen MR) is 159 cm³/mol. The predicted octanol–water partition coefficient (Wildman–Crippen LogP) is 5.32. The van der Waals surface area contributed by atoms with Crippen molar-refractivity contribution in [1.29, 1.82) is 0 Å². The second kappa shape index (κ2) is 12.1. The van der Waals surface area contributed by atoms with Gasteiger partial charge in [0.1, 0.15) is 18.2 Å². The lowest BCUT2D eigenvalue weighted by molar-refractivity contribution is -0.194. The Labute approximate surface area is 236 Å². The highest BCUT2D eigenvalue weighted by Crippen LogP contribution is 2.41. The lowest BCUT2D eigenvalue weighted by Crippen LogP contribution is -2.44. The summed E-state index contributed by atoms with van der Waals surface area (Å²) in [5.74, 6) is -0.240. The van der Waals surface area contributed by atoms with Crippen LogP contribution in [0.2, 0.25) is 18.1 Å². The Bertz CT molecular complexity index is 1100. The molecule has 2 aliphatic rings. The second-order valence-electron chi connectivity index (χ2n) is 12.8. The van der Waals surface area contributed by atoms with Gasteiger partial charge in [-0.15, -0.1) is 0 Å². The first-order valence-corrected chi connectivity index (χ1v) is 17.1. The van der Waals surface area contributed by atoms with Crippen LogP contribution in [-0.4, -0.2) is 76.3 Å². The number of hydrogen-bond donors (Lipinski definition) is 0. The molecule has 4 atom stereocenters. The van der Waals surface area contributed by atoms with Crippen molar-refractivity contribution in [2.75, 3.05) is 38.7 Å². The van der Waals surface area contributed by atoms with Crippen LogP contribution < -0.4 is 4.90 Å². The van der Waals surface area contributed by atoms with E-state index in [1.165, 1.54) is 5.56 Å². The van der Waals surface area contributed by atoms with Crippen LogP contribution in [0.4, 0.5) is 5.69 Å². The normalized spacial score (nSPS) is 23.8. The number of esters is 1. The van der Waals surface area contributed by atoms with Crippen molar-refractivity contribution >= 4 is 20.0 Å². The Morgan fingerprint density at radius 2 is 1.69 bits per heavy atom. The van der Waals surface area contributed by atoms with Crippen molar-refractivity contribution in [3.8, 4) is 0 Å². The fourth-order valence-electron chi connectivity index (χ4n) is 5.11. The molecule has 0 bridgehead atoms. The lowest BCUT2D eigenvalue weighted by Gasteiger charge is -2.37. The van der Waals surface area contributed by atoms with Crippen molar-refractivity contribution in [2.45, 2.75) is 77.2 Å². The molecule has 0 spiro atoms. The number of benzene rings is 2. The van der Waals surface area contributed by atoms with Gasteiger partial charge in [0.15, 0.2) is 8.32 Å². The van der Waals surface area contributed by atoms with E-state index in [0.29, 0.717) is 13.2 Å². The van der Waals surface area contributed by atoms with Crippen molar-refractivity contribution in [2.24, 2.45) is 5.92 Å². The molecule has 7 nitrogen and oxygen atoms in total. The minimum atomic E-state index is -1.95. The summed E-state index contributed by atoms with van der Waals surface area (Å²) in [5.41, 5.74) is 3.54. The number of nitrogens with zero attached hydrogens (tertiary/aromatic N) is 3. The first-order valence-electron chi connectivity index (χ1n) is 14.2. The standard InChI is InChI=1S/C31H47N3O4Si/c1-23-28-27(22-36-39(7,8)31(2,3)4)38-34(29(28)30(35)37-23)21-25-15-12-16-26(19-25)33(18-17-32(5)6)20-24-13-10-9-11-14-24/h9-16,19,23,27-29H,17-18,20-22H2,1-8H3/t23-,27-,28+,29-/m0/s1. The van der Waals surface area contributed by atoms with Gasteiger partial charge >= 0.3 is 5.97 Å². The maximum absolute atomic E-state index is 12.9. The Morgan fingerprint density at radius 3 is 2.36 bits per heavy atom. The maximum Gasteiger partial charge on any atom is 0.326 e. The third kappa shape index (κ3) is 7.10. The average molecular weight is 554 g/mol. The lowest BCUT2D eigenvalue weighted by atomic mass is 9.93. The van der Waals surface area contributed by atoms with Crippen LogP contribution in [0.1, 0.15) is 38.8 Å². The third-order valence-electron chi connectivity index (χ3n) is 8.52. The zero-order valence-corrected chi connectivity index (χ0v) is 26.0. The van der Waals surface area contributed by atoms with Gasteiger partial charge in [0.25, 0.3) is 0 Å². The fraction of sp³-hybridized carbons (Fsp3) is 0.581. The molecular formula is C31H47N3O4Si. The average Bonchev–Trinajstić information content (AvgIpc) is 3.38. The summed E-state index contributed by atoms with van der Waals surface area (Å²) < 4.78 is 12.2. The number of ether oxygens (including phenoxy) is 1. The summed E-state index contributed by atoms with van der Waals surface area (Å²) in [6.07, 6.45) is -0.400. The monoisotopic (exact) mass is 553 g/mol. The number of cyclic esters (lactones) is 1. The SMILES string of the molecule is C[C@@H]1OC(=O)[C@@H]2[C@H]1[C@H](CO[Si](C)(C)C(C)(C)C)ON2Cc1cccc(N(CCN(C)C)Cc2ccccc2)c1. The van der Waals surface area contributed by atoms with E-state index in [1.54, 1.807) is 0 Å². The van der Waals surface area contributed by atoms with Gasteiger partial charge in [0.05, 0.1) is 19.1 Å². The molecule has 0 unspecified atom stereocenters. The molecule has 0 N–H and O–H groups in total. The molecule has 8 heteroatoms. The number of hydroxylamine groups is 2. The number of rotatable bonds is 11. The molecule has 0 aliphatic carbocycles. The number of carbonyl (C=O) groups is 1. The fourth-order valence-corrected chi connectivity index (χ4v) is 6.12. The summed E-state index contributed by atoms with van der Waals surface area (Å²) in [6.45, 7) is 16.9. The van der Waals surface area contributed by atoms with Crippen LogP contribution in [0.15, 0.2) is 54.6 Å². The van der Waals surface area contributed by atoms with Crippen LogP contribution in [0.5, 0.6) is 0 Å². The molecule has 0 saturated carbocycles. The van der Waals surface area contributed by atoms with E-state index >= 15 is 0 Å². The summed E-state index contributed by atoms with van der Waals surface area (Å²) in [7, 11) is 2.25. The Hall–Kier alpha value is -2.23. The highest BCUT2D eigenvalue weighted by Gasteiger charge is 2.56. The Kier molecular flexibility index (Phi) is 9.23. The van der Waals surface area contributed by atoms with Gasteiger partial charge < -0.3 is 19.0 Å². The first kappa shape index (κ1) is 29.7. The summed E-state index contributed by atoms with van der Waals surface area (Å²) in [6, 6.07) is 18.7. The summed E-state index contributed by atoms with van der Waals surface area (Å²) in [5, 5.41) is 1.95. The summed E-state index contributed by atoms with van der Waals surface area (Å²) in [4.78, 5) is 24.0. The minimum Gasteiger partial charge on any atom is -0.461 e. The summed E-state index contributed by atoms with van der Waals surface area (Å²) >= 11 is 0. The molecule has 2 saturated heterocycles. The van der Waals surface area contributed by atoms with Crippen molar-refractivity contribution < 1.29 is 18.8 Å². The van der Waals surface area contributed by atoms with E-state index in [4.69, 9.17) is 14.0 Å². The molecule has 4 rings (SSSR count). The van der Waals surface area contributed by atoms with Crippen molar-refractivity contribution in [3.05, 3.63) is 65.7 Å². The molecule has 2 fully saturated rings. The van der Waals surface area contributed by atoms with Crippen LogP contribution in [0, 0.1) is 5.92 Å².